The molecule has 1 heterocycles. The van der Waals surface area contributed by atoms with Gasteiger partial charge in [0, 0.05) is 22.0 Å². The number of ether oxygens (including phenoxy) is 1. The van der Waals surface area contributed by atoms with Gasteiger partial charge in [0.1, 0.15) is 5.75 Å². The molecule has 0 radical (unpaired) electrons. The van der Waals surface area contributed by atoms with Crippen molar-refractivity contribution < 1.29 is 9.53 Å². The Morgan fingerprint density at radius 3 is 3.09 bits per heavy atom. The predicted molar refractivity (Wildman–Crippen MR) is 91.1 cm³/mol. The number of carbonyl (C=O) groups excluding carboxylic acids is 1. The second kappa shape index (κ2) is 6.53. The Bertz CT molecular complexity index is 677. The number of thiophene rings is 1. The third kappa shape index (κ3) is 3.02. The zero-order valence-corrected chi connectivity index (χ0v) is 13.8. The van der Waals surface area contributed by atoms with Crippen LogP contribution in [0.25, 0.3) is 0 Å². The zero-order chi connectivity index (χ0) is 15.5. The number of hydrogen-bond donors (Lipinski definition) is 1. The highest BCUT2D eigenvalue weighted by Crippen LogP contribution is 2.34. The molecule has 3 rings (SSSR count). The summed E-state index contributed by atoms with van der Waals surface area (Å²) in [5.41, 5.74) is 2.87. The topological polar surface area (TPSA) is 38.3 Å². The fourth-order valence-corrected chi connectivity index (χ4v) is 4.21. The van der Waals surface area contributed by atoms with Gasteiger partial charge >= 0.3 is 0 Å². The molecule has 1 aromatic heterocycles. The number of carbonyl (C=O) groups is 1. The molecule has 1 aliphatic carbocycles. The van der Waals surface area contributed by atoms with E-state index in [4.69, 9.17) is 4.74 Å². The van der Waals surface area contributed by atoms with Crippen molar-refractivity contribution in [3.63, 3.8) is 0 Å². The standard InChI is InChI=1S/C18H21NO2S/c1-3-12-7-8-15-16(11-22-17(15)9-12)18(20)19-13-5-4-6-14(10-13)21-2/h4-6,10-12H,3,7-9H2,1-2H3,(H,19,20). The molecule has 1 unspecified atom stereocenters. The molecule has 1 aromatic carbocycles. The lowest BCUT2D eigenvalue weighted by molar-refractivity contribution is 0.102. The molecule has 1 aliphatic rings. The largest absolute Gasteiger partial charge is 0.497 e. The third-order valence-electron chi connectivity index (χ3n) is 4.41. The van der Waals surface area contributed by atoms with E-state index in [1.54, 1.807) is 18.4 Å². The van der Waals surface area contributed by atoms with Crippen molar-refractivity contribution in [1.82, 2.24) is 0 Å². The Balaban J connectivity index is 1.77. The van der Waals surface area contributed by atoms with Gasteiger partial charge in [-0.25, -0.2) is 0 Å². The summed E-state index contributed by atoms with van der Waals surface area (Å²) in [6.45, 7) is 2.25. The van der Waals surface area contributed by atoms with Gasteiger partial charge in [-0.3, -0.25) is 4.79 Å². The van der Waals surface area contributed by atoms with Gasteiger partial charge in [-0.15, -0.1) is 11.3 Å². The van der Waals surface area contributed by atoms with Crippen molar-refractivity contribution in [2.45, 2.75) is 32.6 Å². The van der Waals surface area contributed by atoms with Crippen LogP contribution >= 0.6 is 11.3 Å². The van der Waals surface area contributed by atoms with Gasteiger partial charge in [0.05, 0.1) is 12.7 Å². The first-order valence-electron chi connectivity index (χ1n) is 7.76. The maximum Gasteiger partial charge on any atom is 0.256 e. The second-order valence-corrected chi connectivity index (χ2v) is 6.72. The maximum absolute atomic E-state index is 12.6. The van der Waals surface area contributed by atoms with Crippen molar-refractivity contribution in [3.8, 4) is 5.75 Å². The lowest BCUT2D eigenvalue weighted by Gasteiger charge is -2.21. The van der Waals surface area contributed by atoms with Crippen LogP contribution in [0, 0.1) is 5.92 Å². The summed E-state index contributed by atoms with van der Waals surface area (Å²) in [5.74, 6) is 1.51. The molecule has 2 aromatic rings. The highest BCUT2D eigenvalue weighted by Gasteiger charge is 2.24. The molecule has 3 nitrogen and oxygen atoms in total. The number of anilines is 1. The average Bonchev–Trinajstić information content (AvgIpc) is 2.98. The van der Waals surface area contributed by atoms with Crippen LogP contribution in [-0.4, -0.2) is 13.0 Å². The zero-order valence-electron chi connectivity index (χ0n) is 13.0. The van der Waals surface area contributed by atoms with E-state index in [1.165, 1.54) is 23.3 Å². The van der Waals surface area contributed by atoms with Crippen LogP contribution in [0.3, 0.4) is 0 Å². The average molecular weight is 315 g/mol. The molecule has 0 aliphatic heterocycles. The van der Waals surface area contributed by atoms with Gasteiger partial charge in [0.15, 0.2) is 0 Å². The van der Waals surface area contributed by atoms with E-state index < -0.39 is 0 Å². The molecule has 1 atom stereocenters. The second-order valence-electron chi connectivity index (χ2n) is 5.75. The summed E-state index contributed by atoms with van der Waals surface area (Å²) in [4.78, 5) is 13.9. The highest BCUT2D eigenvalue weighted by molar-refractivity contribution is 7.10. The maximum atomic E-state index is 12.6. The summed E-state index contributed by atoms with van der Waals surface area (Å²) in [7, 11) is 1.63. The Morgan fingerprint density at radius 2 is 2.32 bits per heavy atom. The summed E-state index contributed by atoms with van der Waals surface area (Å²) < 4.78 is 5.19. The molecule has 1 amide bonds. The SMILES string of the molecule is CCC1CCc2c(C(=O)Nc3cccc(OC)c3)csc2C1. The summed E-state index contributed by atoms with van der Waals surface area (Å²) in [6.07, 6.45) is 4.57. The van der Waals surface area contributed by atoms with Crippen LogP contribution in [0.1, 0.15) is 40.6 Å². The fraction of sp³-hybridized carbons (Fsp3) is 0.389. The lowest BCUT2D eigenvalue weighted by Crippen LogP contribution is -2.17. The van der Waals surface area contributed by atoms with Crippen LogP contribution < -0.4 is 10.1 Å². The molecule has 0 saturated carbocycles. The summed E-state index contributed by atoms with van der Waals surface area (Å²) >= 11 is 1.73. The summed E-state index contributed by atoms with van der Waals surface area (Å²) in [6, 6.07) is 7.46. The minimum absolute atomic E-state index is 0.0132. The Hall–Kier alpha value is -1.81. The Kier molecular flexibility index (Phi) is 4.48. The van der Waals surface area contributed by atoms with Crippen LogP contribution in [-0.2, 0) is 12.8 Å². The van der Waals surface area contributed by atoms with Crippen LogP contribution in [0.5, 0.6) is 5.75 Å². The van der Waals surface area contributed by atoms with Gasteiger partial charge in [-0.1, -0.05) is 19.4 Å². The minimum atomic E-state index is -0.0132. The first-order valence-corrected chi connectivity index (χ1v) is 8.63. The quantitative estimate of drug-likeness (QED) is 0.900. The molecule has 0 saturated heterocycles. The number of benzene rings is 1. The van der Waals surface area contributed by atoms with Crippen molar-refractivity contribution in [2.24, 2.45) is 5.92 Å². The van der Waals surface area contributed by atoms with Crippen LogP contribution in [0.2, 0.25) is 0 Å². The number of nitrogens with one attached hydrogen (secondary N) is 1. The predicted octanol–water partition coefficient (Wildman–Crippen LogP) is 4.52. The monoisotopic (exact) mass is 315 g/mol. The van der Waals surface area contributed by atoms with Gasteiger partial charge < -0.3 is 10.1 Å². The van der Waals surface area contributed by atoms with E-state index in [2.05, 4.69) is 12.2 Å². The number of hydrogen-bond acceptors (Lipinski definition) is 3. The molecular formula is C18H21NO2S. The van der Waals surface area contributed by atoms with E-state index >= 15 is 0 Å². The van der Waals surface area contributed by atoms with Crippen molar-refractivity contribution >= 4 is 22.9 Å². The van der Waals surface area contributed by atoms with Gasteiger partial charge in [-0.2, -0.15) is 0 Å². The Morgan fingerprint density at radius 1 is 1.45 bits per heavy atom. The number of rotatable bonds is 4. The van der Waals surface area contributed by atoms with Crippen LogP contribution in [0.15, 0.2) is 29.6 Å². The molecular weight excluding hydrogens is 294 g/mol. The fourth-order valence-electron chi connectivity index (χ4n) is 3.02. The Labute approximate surface area is 135 Å². The van der Waals surface area contributed by atoms with Crippen molar-refractivity contribution in [1.29, 1.82) is 0 Å². The molecule has 1 N–H and O–H groups in total. The van der Waals surface area contributed by atoms with Crippen molar-refractivity contribution in [3.05, 3.63) is 45.6 Å². The molecule has 4 heteroatoms. The number of fused-ring (bicyclic) bond motifs is 1. The van der Waals surface area contributed by atoms with E-state index in [0.717, 1.165) is 35.8 Å². The normalized spacial score (nSPS) is 16.9. The van der Waals surface area contributed by atoms with E-state index in [9.17, 15) is 4.79 Å². The third-order valence-corrected chi connectivity index (χ3v) is 5.46. The number of amides is 1. The van der Waals surface area contributed by atoms with E-state index in [0.29, 0.717) is 0 Å². The molecule has 0 spiro atoms. The van der Waals surface area contributed by atoms with Crippen molar-refractivity contribution in [2.75, 3.05) is 12.4 Å². The lowest BCUT2D eigenvalue weighted by atomic mass is 9.86. The van der Waals surface area contributed by atoms with Gasteiger partial charge in [-0.05, 0) is 42.9 Å². The van der Waals surface area contributed by atoms with E-state index in [-0.39, 0.29) is 5.91 Å². The molecule has 0 bridgehead atoms. The molecule has 0 fully saturated rings. The number of methoxy groups -OCH3 is 1. The molecule has 22 heavy (non-hydrogen) atoms. The molecule has 116 valence electrons. The van der Waals surface area contributed by atoms with Crippen LogP contribution in [0.4, 0.5) is 5.69 Å². The highest BCUT2D eigenvalue weighted by atomic mass is 32.1. The minimum Gasteiger partial charge on any atom is -0.497 e. The first kappa shape index (κ1) is 15.1. The summed E-state index contributed by atoms with van der Waals surface area (Å²) in [5, 5.41) is 4.99. The van der Waals surface area contributed by atoms with Gasteiger partial charge in [0.2, 0.25) is 0 Å². The van der Waals surface area contributed by atoms with E-state index in [1.807, 2.05) is 29.6 Å². The van der Waals surface area contributed by atoms with Gasteiger partial charge in [0.25, 0.3) is 5.91 Å². The smallest absolute Gasteiger partial charge is 0.256 e. The first-order chi connectivity index (χ1) is 10.7.